The molecular formula is C20H24ClF3N6O2S. The van der Waals surface area contributed by atoms with Crippen LogP contribution >= 0.6 is 22.1 Å². The molecular weight excluding hydrogens is 481 g/mol. The Bertz CT molecular complexity index is 1160. The third kappa shape index (κ3) is 3.59. The molecule has 0 aliphatic carbocycles. The van der Waals surface area contributed by atoms with E-state index in [0.29, 0.717) is 13.0 Å². The van der Waals surface area contributed by atoms with Crippen LogP contribution in [0.25, 0.3) is 0 Å². The Kier molecular flexibility index (Phi) is 5.71. The molecule has 1 aromatic carbocycles. The molecule has 1 unspecified atom stereocenters. The number of hydrogen-bond acceptors (Lipinski definition) is 6. The third-order valence-corrected chi connectivity index (χ3v) is 10.6. The van der Waals surface area contributed by atoms with Crippen molar-refractivity contribution >= 4 is 39.5 Å². The minimum atomic E-state index is -2.96. The molecule has 180 valence electrons. The molecule has 1 fully saturated rings. The Labute approximate surface area is 195 Å². The predicted molar refractivity (Wildman–Crippen MR) is 123 cm³/mol. The zero-order chi connectivity index (χ0) is 24.3. The van der Waals surface area contributed by atoms with E-state index in [1.54, 1.807) is 20.8 Å². The minimum Gasteiger partial charge on any atom is -0.386 e. The van der Waals surface area contributed by atoms with E-state index in [9.17, 15) is 18.1 Å². The standard InChI is InChI=1S/C20H24ClF3N6O2S/c1-19(2)17(25)28-20(3,14-6-7-26-33(14,19)32)11-8-10(4-5-13(11)22)27-16(31)15-12(21)9-30(29-15)18(23)24/h4-5,8-9,14,18,26,32H,6-7H2,1-3H3,(H2,25,28)(H,27,31)/t14-,20+/m0/s1. The van der Waals surface area contributed by atoms with Crippen molar-refractivity contribution in [2.24, 2.45) is 10.7 Å². The van der Waals surface area contributed by atoms with Gasteiger partial charge in [0.05, 0.1) is 21.2 Å². The first-order valence-electron chi connectivity index (χ1n) is 10.1. The summed E-state index contributed by atoms with van der Waals surface area (Å²) in [5.41, 5.74) is 4.98. The normalized spacial score (nSPS) is 30.5. The lowest BCUT2D eigenvalue weighted by molar-refractivity contribution is 0.0561. The molecule has 1 aromatic heterocycles. The number of nitrogens with one attached hydrogen (secondary N) is 2. The summed E-state index contributed by atoms with van der Waals surface area (Å²) >= 11 is 5.87. The molecule has 2 aliphatic rings. The smallest absolute Gasteiger partial charge is 0.333 e. The number of aliphatic imine (C=N–C) groups is 1. The first kappa shape index (κ1) is 23.9. The Hall–Kier alpha value is -2.28. The SMILES string of the molecule is CC1(C)C(N)=N[C@](C)(c2cc(NC(=O)c3nn(C(F)F)cc3Cl)ccc2F)[C@@H]2CCNS21O. The highest BCUT2D eigenvalue weighted by atomic mass is 35.5. The van der Waals surface area contributed by atoms with Gasteiger partial charge in [-0.1, -0.05) is 22.1 Å². The van der Waals surface area contributed by atoms with Gasteiger partial charge >= 0.3 is 6.55 Å². The molecule has 4 rings (SSSR count). The quantitative estimate of drug-likeness (QED) is 0.496. The molecule has 1 saturated heterocycles. The second kappa shape index (κ2) is 7.90. The van der Waals surface area contributed by atoms with Crippen molar-refractivity contribution in [3.05, 3.63) is 46.5 Å². The summed E-state index contributed by atoms with van der Waals surface area (Å²) in [5, 5.41) is 5.33. The molecule has 2 aromatic rings. The van der Waals surface area contributed by atoms with E-state index in [1.807, 2.05) is 0 Å². The van der Waals surface area contributed by atoms with E-state index in [2.05, 4.69) is 20.1 Å². The molecule has 0 radical (unpaired) electrons. The summed E-state index contributed by atoms with van der Waals surface area (Å²) in [5.74, 6) is -1.22. The number of alkyl halides is 2. The monoisotopic (exact) mass is 504 g/mol. The molecule has 0 bridgehead atoms. The number of amidine groups is 1. The van der Waals surface area contributed by atoms with E-state index < -0.39 is 50.0 Å². The second-order valence-electron chi connectivity index (χ2n) is 8.68. The summed E-state index contributed by atoms with van der Waals surface area (Å²) in [4.78, 5) is 17.2. The van der Waals surface area contributed by atoms with Gasteiger partial charge in [0.1, 0.15) is 17.2 Å². The van der Waals surface area contributed by atoms with Crippen molar-refractivity contribution in [2.45, 2.75) is 49.3 Å². The van der Waals surface area contributed by atoms with Gasteiger partial charge in [0.15, 0.2) is 5.69 Å². The molecule has 13 heteroatoms. The van der Waals surface area contributed by atoms with Crippen molar-refractivity contribution in [1.82, 2.24) is 14.5 Å². The molecule has 5 N–H and O–H groups in total. The van der Waals surface area contributed by atoms with Crippen LogP contribution in [0, 0.1) is 5.82 Å². The second-order valence-corrected chi connectivity index (χ2v) is 12.2. The maximum Gasteiger partial charge on any atom is 0.333 e. The summed E-state index contributed by atoms with van der Waals surface area (Å²) < 4.78 is 55.0. The molecule has 0 saturated carbocycles. The van der Waals surface area contributed by atoms with Gasteiger partial charge in [-0.05, 0) is 45.4 Å². The Balaban J connectivity index is 1.72. The fraction of sp³-hybridized carbons (Fsp3) is 0.450. The maximum absolute atomic E-state index is 15.1. The number of carbonyl (C=O) groups is 1. The molecule has 0 spiro atoms. The van der Waals surface area contributed by atoms with Gasteiger partial charge in [-0.2, -0.15) is 13.9 Å². The first-order valence-corrected chi connectivity index (χ1v) is 12.1. The van der Waals surface area contributed by atoms with Gasteiger partial charge in [-0.15, -0.1) is 0 Å². The average molecular weight is 505 g/mol. The molecule has 3 heterocycles. The van der Waals surface area contributed by atoms with Crippen molar-refractivity contribution in [2.75, 3.05) is 11.9 Å². The third-order valence-electron chi connectivity index (χ3n) is 6.39. The van der Waals surface area contributed by atoms with Crippen molar-refractivity contribution in [1.29, 1.82) is 0 Å². The number of halogens is 4. The van der Waals surface area contributed by atoms with Crippen LogP contribution in [-0.4, -0.2) is 42.6 Å². The zero-order valence-corrected chi connectivity index (χ0v) is 19.6. The van der Waals surface area contributed by atoms with Crippen LogP contribution in [0.2, 0.25) is 5.02 Å². The van der Waals surface area contributed by atoms with E-state index in [-0.39, 0.29) is 26.8 Å². The number of rotatable bonds is 4. The lowest BCUT2D eigenvalue weighted by atomic mass is 9.86. The number of hydrogen-bond donors (Lipinski definition) is 4. The lowest BCUT2D eigenvalue weighted by Gasteiger charge is -2.56. The van der Waals surface area contributed by atoms with Crippen LogP contribution in [0.3, 0.4) is 0 Å². The topological polar surface area (TPSA) is 118 Å². The largest absolute Gasteiger partial charge is 0.386 e. The molecule has 33 heavy (non-hydrogen) atoms. The predicted octanol–water partition coefficient (Wildman–Crippen LogP) is 4.24. The highest BCUT2D eigenvalue weighted by Crippen LogP contribution is 2.67. The fourth-order valence-corrected chi connectivity index (χ4v) is 8.01. The van der Waals surface area contributed by atoms with Crippen molar-refractivity contribution in [3.63, 3.8) is 0 Å². The summed E-state index contributed by atoms with van der Waals surface area (Å²) in [6.07, 6.45) is 1.40. The fourth-order valence-electron chi connectivity index (χ4n) is 4.42. The average Bonchev–Trinajstić information content (AvgIpc) is 3.33. The first-order chi connectivity index (χ1) is 15.3. The van der Waals surface area contributed by atoms with E-state index in [0.717, 1.165) is 12.3 Å². The van der Waals surface area contributed by atoms with Gasteiger partial charge in [-0.25, -0.2) is 9.07 Å². The Morgan fingerprint density at radius 1 is 1.42 bits per heavy atom. The Morgan fingerprint density at radius 3 is 2.76 bits per heavy atom. The van der Waals surface area contributed by atoms with Crippen LogP contribution < -0.4 is 15.8 Å². The number of nitrogens with two attached hydrogens (primary N) is 1. The van der Waals surface area contributed by atoms with Gasteiger partial charge < -0.3 is 15.6 Å². The molecule has 1 amide bonds. The van der Waals surface area contributed by atoms with E-state index in [1.165, 1.54) is 12.1 Å². The van der Waals surface area contributed by atoms with Gasteiger partial charge in [0.25, 0.3) is 5.91 Å². The summed E-state index contributed by atoms with van der Waals surface area (Å²) in [6, 6.07) is 3.89. The summed E-state index contributed by atoms with van der Waals surface area (Å²) in [7, 11) is -2.50. The summed E-state index contributed by atoms with van der Waals surface area (Å²) in [6.45, 7) is 2.89. The number of fused-ring (bicyclic) bond motifs is 1. The number of anilines is 1. The van der Waals surface area contributed by atoms with Crippen molar-refractivity contribution in [3.8, 4) is 0 Å². The van der Waals surface area contributed by atoms with Crippen molar-refractivity contribution < 1.29 is 22.5 Å². The minimum absolute atomic E-state index is 0.141. The van der Waals surface area contributed by atoms with Crippen LogP contribution in [-0.2, 0) is 5.54 Å². The lowest BCUT2D eigenvalue weighted by Crippen LogP contribution is -2.57. The maximum atomic E-state index is 15.1. The molecule has 2 aliphatic heterocycles. The van der Waals surface area contributed by atoms with Crippen LogP contribution in [0.5, 0.6) is 0 Å². The van der Waals surface area contributed by atoms with Crippen LogP contribution in [0.4, 0.5) is 18.9 Å². The van der Waals surface area contributed by atoms with E-state index >= 15 is 4.39 Å². The number of aromatic nitrogens is 2. The Morgan fingerprint density at radius 2 is 2.12 bits per heavy atom. The number of nitrogens with zero attached hydrogens (tertiary/aromatic N) is 3. The van der Waals surface area contributed by atoms with Gasteiger partial charge in [0, 0.05) is 17.8 Å². The highest BCUT2D eigenvalue weighted by molar-refractivity contribution is 8.29. The zero-order valence-electron chi connectivity index (χ0n) is 18.1. The number of benzene rings is 1. The van der Waals surface area contributed by atoms with Crippen LogP contribution in [0.1, 0.15) is 49.8 Å². The molecule has 8 nitrogen and oxygen atoms in total. The number of carbonyl (C=O) groups excluding carboxylic acids is 1. The number of amides is 1. The van der Waals surface area contributed by atoms with Gasteiger partial charge in [-0.3, -0.25) is 14.5 Å². The van der Waals surface area contributed by atoms with E-state index in [4.69, 9.17) is 17.3 Å². The van der Waals surface area contributed by atoms with Crippen LogP contribution in [0.15, 0.2) is 29.4 Å². The highest BCUT2D eigenvalue weighted by Gasteiger charge is 2.60. The van der Waals surface area contributed by atoms with Gasteiger partial charge in [0.2, 0.25) is 0 Å². The molecule has 3 atom stereocenters.